The lowest BCUT2D eigenvalue weighted by atomic mass is 10.1. The van der Waals surface area contributed by atoms with E-state index < -0.39 is 30.0 Å². The van der Waals surface area contributed by atoms with Gasteiger partial charge in [-0.2, -0.15) is 0 Å². The molecule has 2 saturated heterocycles. The normalized spacial score (nSPS) is 23.1. The summed E-state index contributed by atoms with van der Waals surface area (Å²) in [6, 6.07) is 4.01. The molecule has 0 aliphatic carbocycles. The zero-order valence-electron chi connectivity index (χ0n) is 12.9. The molecule has 0 aromatic heterocycles. The van der Waals surface area contributed by atoms with Crippen LogP contribution < -0.4 is 15.1 Å². The average Bonchev–Trinajstić information content (AvgIpc) is 2.91. The first-order chi connectivity index (χ1) is 11.4. The van der Waals surface area contributed by atoms with E-state index in [1.165, 1.54) is 24.0 Å². The fourth-order valence-electron chi connectivity index (χ4n) is 2.60. The van der Waals surface area contributed by atoms with Crippen molar-refractivity contribution in [1.82, 2.24) is 5.32 Å². The topological polar surface area (TPSA) is 99.2 Å². The van der Waals surface area contributed by atoms with Crippen molar-refractivity contribution in [3.05, 3.63) is 24.0 Å². The van der Waals surface area contributed by atoms with Crippen molar-refractivity contribution in [3.8, 4) is 0 Å². The van der Waals surface area contributed by atoms with Crippen molar-refractivity contribution in [1.29, 1.82) is 0 Å². The third kappa shape index (κ3) is 2.90. The number of carbonyl (C=O) groups excluding carboxylic acids is 3. The molecule has 2 atom stereocenters. The van der Waals surface area contributed by atoms with Crippen molar-refractivity contribution < 1.29 is 28.6 Å². The zero-order chi connectivity index (χ0) is 17.4. The van der Waals surface area contributed by atoms with E-state index >= 15 is 0 Å². The highest BCUT2D eigenvalue weighted by Gasteiger charge is 2.38. The van der Waals surface area contributed by atoms with Crippen LogP contribution in [0.5, 0.6) is 0 Å². The Labute approximate surface area is 136 Å². The fraction of sp³-hybridized carbons (Fsp3) is 0.400. The number of β-amino-alcohol motifs (C(OH)–C–C–N with tert-alkyl or cyclic N) is 1. The van der Waals surface area contributed by atoms with Gasteiger partial charge in [-0.25, -0.2) is 9.18 Å². The minimum Gasteiger partial charge on any atom is -0.442 e. The maximum atomic E-state index is 14.2. The van der Waals surface area contributed by atoms with Gasteiger partial charge in [-0.1, -0.05) is 0 Å². The fourth-order valence-corrected chi connectivity index (χ4v) is 2.60. The van der Waals surface area contributed by atoms with Crippen molar-refractivity contribution in [2.24, 2.45) is 0 Å². The van der Waals surface area contributed by atoms with Gasteiger partial charge >= 0.3 is 6.09 Å². The molecule has 24 heavy (non-hydrogen) atoms. The van der Waals surface area contributed by atoms with Gasteiger partial charge in [0, 0.05) is 6.92 Å². The molecule has 2 aliphatic heterocycles. The van der Waals surface area contributed by atoms with Crippen LogP contribution in [-0.4, -0.2) is 54.9 Å². The number of amides is 3. The van der Waals surface area contributed by atoms with Crippen LogP contribution >= 0.6 is 0 Å². The summed E-state index contributed by atoms with van der Waals surface area (Å²) in [6.07, 6.45) is -2.24. The second-order valence-electron chi connectivity index (χ2n) is 5.65. The Hall–Kier alpha value is -2.68. The van der Waals surface area contributed by atoms with Crippen molar-refractivity contribution >= 4 is 29.3 Å². The predicted molar refractivity (Wildman–Crippen MR) is 81.1 cm³/mol. The van der Waals surface area contributed by atoms with E-state index in [1.54, 1.807) is 0 Å². The van der Waals surface area contributed by atoms with Crippen LogP contribution in [0.1, 0.15) is 6.92 Å². The predicted octanol–water partition coefficient (Wildman–Crippen LogP) is -0.00550. The Morgan fingerprint density at radius 1 is 1.38 bits per heavy atom. The highest BCUT2D eigenvalue weighted by atomic mass is 19.1. The number of benzene rings is 1. The molecule has 3 rings (SSSR count). The first-order valence-electron chi connectivity index (χ1n) is 7.38. The summed E-state index contributed by atoms with van der Waals surface area (Å²) in [5, 5.41) is 11.8. The minimum atomic E-state index is -1.09. The quantitative estimate of drug-likeness (QED) is 0.753. The van der Waals surface area contributed by atoms with Crippen LogP contribution in [0.2, 0.25) is 0 Å². The molecule has 0 radical (unpaired) electrons. The summed E-state index contributed by atoms with van der Waals surface area (Å²) in [5.41, 5.74) is 0.344. The van der Waals surface area contributed by atoms with Crippen molar-refractivity contribution in [2.75, 3.05) is 29.4 Å². The molecular weight excluding hydrogens is 321 g/mol. The number of ether oxygens (including phenoxy) is 1. The first-order valence-corrected chi connectivity index (χ1v) is 7.38. The average molecular weight is 337 g/mol. The number of aliphatic hydroxyl groups excluding tert-OH is 1. The van der Waals surface area contributed by atoms with Gasteiger partial charge in [0.25, 0.3) is 5.91 Å². The van der Waals surface area contributed by atoms with Crippen LogP contribution in [0.3, 0.4) is 0 Å². The lowest BCUT2D eigenvalue weighted by molar-refractivity contribution is -0.132. The number of hydrogen-bond acceptors (Lipinski definition) is 5. The standard InChI is InChI=1S/C15H16FN3O5/c1-8(20)17-5-10-6-18(15(23)24-10)9-2-3-12(11(16)4-9)19-7-13(21)14(19)22/h2-4,10,13,21H,5-7H2,1H3,(H,17,20). The van der Waals surface area contributed by atoms with Crippen molar-refractivity contribution in [3.63, 3.8) is 0 Å². The van der Waals surface area contributed by atoms with E-state index in [0.29, 0.717) is 5.69 Å². The number of nitrogens with one attached hydrogen (secondary N) is 1. The van der Waals surface area contributed by atoms with E-state index in [1.807, 2.05) is 0 Å². The van der Waals surface area contributed by atoms with E-state index in [2.05, 4.69) is 5.32 Å². The van der Waals surface area contributed by atoms with Gasteiger partial charge in [0.2, 0.25) is 5.91 Å². The Balaban J connectivity index is 1.71. The second-order valence-corrected chi connectivity index (χ2v) is 5.65. The number of anilines is 2. The molecule has 2 unspecified atom stereocenters. The maximum absolute atomic E-state index is 14.2. The number of nitrogens with zero attached hydrogens (tertiary/aromatic N) is 2. The Bertz CT molecular complexity index is 710. The highest BCUT2D eigenvalue weighted by Crippen LogP contribution is 2.30. The molecule has 9 heteroatoms. The first kappa shape index (κ1) is 16.2. The molecule has 1 aromatic rings. The number of carbonyl (C=O) groups is 3. The second kappa shape index (κ2) is 6.08. The number of hydrogen-bond donors (Lipinski definition) is 2. The Morgan fingerprint density at radius 3 is 2.71 bits per heavy atom. The molecule has 0 spiro atoms. The number of halogens is 1. The van der Waals surface area contributed by atoms with E-state index in [0.717, 1.165) is 11.0 Å². The Kier molecular flexibility index (Phi) is 4.10. The molecule has 2 aliphatic rings. The number of cyclic esters (lactones) is 1. The summed E-state index contributed by atoms with van der Waals surface area (Å²) < 4.78 is 19.4. The number of rotatable bonds is 4. The molecule has 8 nitrogen and oxygen atoms in total. The van der Waals surface area contributed by atoms with Gasteiger partial charge in [-0.15, -0.1) is 0 Å². The maximum Gasteiger partial charge on any atom is 0.414 e. The van der Waals surface area contributed by atoms with Gasteiger partial charge in [0.1, 0.15) is 11.9 Å². The summed E-state index contributed by atoms with van der Waals surface area (Å²) >= 11 is 0. The molecule has 0 saturated carbocycles. The van der Waals surface area contributed by atoms with Crippen LogP contribution in [0.25, 0.3) is 0 Å². The smallest absolute Gasteiger partial charge is 0.414 e. The zero-order valence-corrected chi connectivity index (χ0v) is 12.9. The van der Waals surface area contributed by atoms with Crippen LogP contribution in [0, 0.1) is 5.82 Å². The van der Waals surface area contributed by atoms with Gasteiger partial charge < -0.3 is 20.1 Å². The van der Waals surface area contributed by atoms with Crippen LogP contribution in [0.15, 0.2) is 18.2 Å². The molecule has 2 fully saturated rings. The third-order valence-electron chi connectivity index (χ3n) is 3.89. The largest absolute Gasteiger partial charge is 0.442 e. The summed E-state index contributed by atoms with van der Waals surface area (Å²) in [5.74, 6) is -1.47. The molecule has 2 heterocycles. The van der Waals surface area contributed by atoms with Gasteiger partial charge in [-0.3, -0.25) is 14.5 Å². The molecule has 0 bridgehead atoms. The monoisotopic (exact) mass is 337 g/mol. The van der Waals surface area contributed by atoms with Crippen LogP contribution in [0.4, 0.5) is 20.6 Å². The lowest BCUT2D eigenvalue weighted by Gasteiger charge is -2.35. The van der Waals surface area contributed by atoms with E-state index in [9.17, 15) is 23.9 Å². The SMILES string of the molecule is CC(=O)NCC1CN(c2ccc(N3CC(O)C3=O)c(F)c2)C(=O)O1. The van der Waals surface area contributed by atoms with Crippen molar-refractivity contribution in [2.45, 2.75) is 19.1 Å². The minimum absolute atomic E-state index is 0.0413. The van der Waals surface area contributed by atoms with E-state index in [-0.39, 0.29) is 31.2 Å². The molecule has 2 N–H and O–H groups in total. The van der Waals surface area contributed by atoms with Gasteiger partial charge in [0.15, 0.2) is 6.10 Å². The summed E-state index contributed by atoms with van der Waals surface area (Å²) in [4.78, 5) is 36.6. The van der Waals surface area contributed by atoms with Gasteiger partial charge in [-0.05, 0) is 18.2 Å². The highest BCUT2D eigenvalue weighted by molar-refractivity contribution is 6.03. The molecule has 3 amide bonds. The van der Waals surface area contributed by atoms with E-state index in [4.69, 9.17) is 4.74 Å². The summed E-state index contributed by atoms with van der Waals surface area (Å²) in [7, 11) is 0. The molecule has 128 valence electrons. The number of aliphatic hydroxyl groups is 1. The lowest BCUT2D eigenvalue weighted by Crippen LogP contribution is -2.57. The Morgan fingerprint density at radius 2 is 2.12 bits per heavy atom. The molecule has 1 aromatic carbocycles. The molecular formula is C15H16FN3O5. The van der Waals surface area contributed by atoms with Gasteiger partial charge in [0.05, 0.1) is 31.0 Å². The summed E-state index contributed by atoms with van der Waals surface area (Å²) in [6.45, 7) is 1.76. The third-order valence-corrected chi connectivity index (χ3v) is 3.89. The number of β-lactam (4-membered cyclic amide) rings is 1. The van der Waals surface area contributed by atoms with Crippen LogP contribution in [-0.2, 0) is 14.3 Å².